The molecule has 0 saturated heterocycles. The summed E-state index contributed by atoms with van der Waals surface area (Å²) in [4.78, 5) is 11.8. The minimum Gasteiger partial charge on any atom is -0.484 e. The Morgan fingerprint density at radius 3 is 2.53 bits per heavy atom. The second kappa shape index (κ2) is 4.39. The van der Waals surface area contributed by atoms with Gasteiger partial charge >= 0.3 is 0 Å². The number of halogens is 1. The molecular formula is C14H17ClN2O2. The summed E-state index contributed by atoms with van der Waals surface area (Å²) in [6, 6.07) is 6.97. The van der Waals surface area contributed by atoms with Crippen LogP contribution in [0.4, 0.5) is 0 Å². The Hall–Kier alpha value is -1.26. The van der Waals surface area contributed by atoms with Crippen molar-refractivity contribution in [2.45, 2.75) is 24.8 Å². The molecule has 0 heterocycles. The van der Waals surface area contributed by atoms with Crippen molar-refractivity contribution in [2.75, 3.05) is 13.2 Å². The quantitative estimate of drug-likeness (QED) is 0.863. The van der Waals surface area contributed by atoms with Crippen molar-refractivity contribution in [3.8, 4) is 5.75 Å². The predicted molar refractivity (Wildman–Crippen MR) is 73.2 cm³/mol. The standard InChI is InChI=1S/C14H17ClN2O2/c15-10-1-3-11(4-2-10)19-5-12(18)17-14-6-13(7-14,8-14)9-16/h1-4H,5-9,16H2,(H,17,18). The molecule has 3 fully saturated rings. The SMILES string of the molecule is NCC12CC(NC(=O)COc3ccc(Cl)cc3)(C1)C2. The van der Waals surface area contributed by atoms with Gasteiger partial charge in [-0.05, 0) is 55.5 Å². The number of hydrogen-bond acceptors (Lipinski definition) is 3. The third-order valence-electron chi connectivity index (χ3n) is 4.16. The maximum Gasteiger partial charge on any atom is 0.258 e. The van der Waals surface area contributed by atoms with Crippen LogP contribution in [0.25, 0.3) is 0 Å². The lowest BCUT2D eigenvalue weighted by Gasteiger charge is -2.70. The molecule has 19 heavy (non-hydrogen) atoms. The van der Waals surface area contributed by atoms with Crippen molar-refractivity contribution in [2.24, 2.45) is 11.1 Å². The highest BCUT2D eigenvalue weighted by atomic mass is 35.5. The van der Waals surface area contributed by atoms with Gasteiger partial charge in [0.15, 0.2) is 6.61 Å². The van der Waals surface area contributed by atoms with Gasteiger partial charge in [0.2, 0.25) is 0 Å². The fourth-order valence-corrected chi connectivity index (χ4v) is 3.48. The van der Waals surface area contributed by atoms with Gasteiger partial charge in [-0.2, -0.15) is 0 Å². The second-order valence-electron chi connectivity index (χ2n) is 5.81. The Bertz CT molecular complexity index is 481. The van der Waals surface area contributed by atoms with Gasteiger partial charge in [0.1, 0.15) is 5.75 Å². The third-order valence-corrected chi connectivity index (χ3v) is 4.41. The number of amides is 1. The summed E-state index contributed by atoms with van der Waals surface area (Å²) in [6.45, 7) is 0.769. The van der Waals surface area contributed by atoms with E-state index in [9.17, 15) is 4.79 Å². The number of rotatable bonds is 5. The fraction of sp³-hybridized carbons (Fsp3) is 0.500. The Kier molecular flexibility index (Phi) is 2.95. The van der Waals surface area contributed by atoms with Crippen LogP contribution >= 0.6 is 11.6 Å². The van der Waals surface area contributed by atoms with Gasteiger partial charge in [-0.3, -0.25) is 4.79 Å². The minimum atomic E-state index is -0.0692. The van der Waals surface area contributed by atoms with Gasteiger partial charge in [-0.1, -0.05) is 11.6 Å². The summed E-state index contributed by atoms with van der Waals surface area (Å²) in [6.07, 6.45) is 3.05. The van der Waals surface area contributed by atoms with Crippen molar-refractivity contribution in [3.05, 3.63) is 29.3 Å². The number of benzene rings is 1. The Morgan fingerprint density at radius 1 is 1.32 bits per heavy atom. The number of hydrogen-bond donors (Lipinski definition) is 2. The van der Waals surface area contributed by atoms with Crippen LogP contribution in [0.5, 0.6) is 5.75 Å². The summed E-state index contributed by atoms with van der Waals surface area (Å²) < 4.78 is 5.41. The molecular weight excluding hydrogens is 264 g/mol. The first-order chi connectivity index (χ1) is 9.05. The number of ether oxygens (including phenoxy) is 1. The molecule has 1 amide bonds. The molecule has 4 nitrogen and oxygen atoms in total. The van der Waals surface area contributed by atoms with Crippen LogP contribution in [0.3, 0.4) is 0 Å². The molecule has 0 aromatic heterocycles. The van der Waals surface area contributed by atoms with Crippen LogP contribution in [0, 0.1) is 5.41 Å². The molecule has 0 spiro atoms. The zero-order chi connectivity index (χ0) is 13.5. The van der Waals surface area contributed by atoms with E-state index in [0.717, 1.165) is 25.8 Å². The van der Waals surface area contributed by atoms with Crippen LogP contribution in [0.15, 0.2) is 24.3 Å². The highest BCUT2D eigenvalue weighted by Gasteiger charge is 2.67. The second-order valence-corrected chi connectivity index (χ2v) is 6.24. The average Bonchev–Trinajstić information content (AvgIpc) is 2.31. The number of nitrogens with one attached hydrogen (secondary N) is 1. The van der Waals surface area contributed by atoms with Crippen molar-refractivity contribution < 1.29 is 9.53 Å². The van der Waals surface area contributed by atoms with E-state index in [1.54, 1.807) is 24.3 Å². The molecule has 0 radical (unpaired) electrons. The van der Waals surface area contributed by atoms with Gasteiger partial charge in [-0.15, -0.1) is 0 Å². The van der Waals surface area contributed by atoms with Gasteiger partial charge in [0.05, 0.1) is 0 Å². The molecule has 0 atom stereocenters. The monoisotopic (exact) mass is 280 g/mol. The molecule has 3 saturated carbocycles. The van der Waals surface area contributed by atoms with E-state index in [2.05, 4.69) is 5.32 Å². The normalized spacial score (nSPS) is 31.1. The largest absolute Gasteiger partial charge is 0.484 e. The maximum atomic E-state index is 11.8. The van der Waals surface area contributed by atoms with Crippen LogP contribution in [-0.2, 0) is 4.79 Å². The van der Waals surface area contributed by atoms with Crippen molar-refractivity contribution in [1.29, 1.82) is 0 Å². The van der Waals surface area contributed by atoms with Gasteiger partial charge in [0.25, 0.3) is 5.91 Å². The zero-order valence-corrected chi connectivity index (χ0v) is 11.4. The van der Waals surface area contributed by atoms with E-state index >= 15 is 0 Å². The van der Waals surface area contributed by atoms with E-state index in [1.165, 1.54) is 0 Å². The molecule has 0 aliphatic heterocycles. The van der Waals surface area contributed by atoms with E-state index < -0.39 is 0 Å². The molecule has 102 valence electrons. The number of carbonyl (C=O) groups is 1. The Morgan fingerprint density at radius 2 is 1.95 bits per heavy atom. The summed E-state index contributed by atoms with van der Waals surface area (Å²) >= 11 is 5.77. The van der Waals surface area contributed by atoms with E-state index in [-0.39, 0.29) is 18.1 Å². The Labute approximate surface area is 117 Å². The number of carbonyl (C=O) groups excluding carboxylic acids is 1. The maximum absolute atomic E-state index is 11.8. The lowest BCUT2D eigenvalue weighted by Crippen LogP contribution is -2.76. The lowest BCUT2D eigenvalue weighted by molar-refractivity contribution is -0.161. The van der Waals surface area contributed by atoms with Crippen LogP contribution in [-0.4, -0.2) is 24.6 Å². The predicted octanol–water partition coefficient (Wildman–Crippen LogP) is 1.72. The molecule has 3 N–H and O–H groups in total. The lowest BCUT2D eigenvalue weighted by atomic mass is 9.39. The van der Waals surface area contributed by atoms with Crippen LogP contribution in [0.1, 0.15) is 19.3 Å². The summed E-state index contributed by atoms with van der Waals surface area (Å²) in [5.41, 5.74) is 6.03. The molecule has 3 aliphatic carbocycles. The fourth-order valence-electron chi connectivity index (χ4n) is 3.36. The first kappa shape index (κ1) is 12.8. The molecule has 1 aromatic carbocycles. The highest BCUT2D eigenvalue weighted by molar-refractivity contribution is 6.30. The summed E-state index contributed by atoms with van der Waals surface area (Å²) in [5, 5.41) is 3.70. The smallest absolute Gasteiger partial charge is 0.258 e. The average molecular weight is 281 g/mol. The van der Waals surface area contributed by atoms with Gasteiger partial charge in [-0.25, -0.2) is 0 Å². The molecule has 0 unspecified atom stereocenters. The molecule has 4 rings (SSSR count). The topological polar surface area (TPSA) is 64.3 Å². The van der Waals surface area contributed by atoms with Gasteiger partial charge < -0.3 is 15.8 Å². The van der Waals surface area contributed by atoms with Gasteiger partial charge in [0, 0.05) is 10.6 Å². The highest BCUT2D eigenvalue weighted by Crippen LogP contribution is 2.66. The zero-order valence-electron chi connectivity index (χ0n) is 10.6. The summed E-state index contributed by atoms with van der Waals surface area (Å²) in [7, 11) is 0. The first-order valence-electron chi connectivity index (χ1n) is 6.44. The first-order valence-corrected chi connectivity index (χ1v) is 6.82. The van der Waals surface area contributed by atoms with Crippen LogP contribution < -0.4 is 15.8 Å². The van der Waals surface area contributed by atoms with E-state index in [0.29, 0.717) is 16.2 Å². The third kappa shape index (κ3) is 2.30. The number of nitrogens with two attached hydrogens (primary N) is 1. The molecule has 5 heteroatoms. The van der Waals surface area contributed by atoms with Crippen molar-refractivity contribution in [3.63, 3.8) is 0 Å². The molecule has 2 bridgehead atoms. The summed E-state index contributed by atoms with van der Waals surface area (Å²) in [5.74, 6) is 0.579. The van der Waals surface area contributed by atoms with Crippen LogP contribution in [0.2, 0.25) is 5.02 Å². The molecule has 3 aliphatic rings. The van der Waals surface area contributed by atoms with E-state index in [4.69, 9.17) is 22.1 Å². The van der Waals surface area contributed by atoms with E-state index in [1.807, 2.05) is 0 Å². The molecule has 1 aromatic rings. The Balaban J connectivity index is 1.44. The van der Waals surface area contributed by atoms with Crippen molar-refractivity contribution >= 4 is 17.5 Å². The van der Waals surface area contributed by atoms with Crippen molar-refractivity contribution in [1.82, 2.24) is 5.32 Å². The minimum absolute atomic E-state index is 0.0137.